The van der Waals surface area contributed by atoms with Gasteiger partial charge >= 0.3 is 24.0 Å². The van der Waals surface area contributed by atoms with Gasteiger partial charge in [0.05, 0.1) is 84.9 Å². The van der Waals surface area contributed by atoms with Crippen LogP contribution < -0.4 is 74.8 Å². The van der Waals surface area contributed by atoms with Crippen molar-refractivity contribution in [2.75, 3.05) is 77.9 Å². The molecule has 746 valence electrons. The molecule has 37 heteroatoms. The fourth-order valence-corrected chi connectivity index (χ4v) is 19.5. The number of nitrogens with zero attached hydrogens (tertiary/aromatic N) is 23. The van der Waals surface area contributed by atoms with E-state index in [0.717, 1.165) is 205 Å². The minimum absolute atomic E-state index is 0.0853. The van der Waals surface area contributed by atoms with Crippen molar-refractivity contribution < 1.29 is 18.9 Å². The van der Waals surface area contributed by atoms with Crippen molar-refractivity contribution in [2.45, 2.75) is 376 Å². The first-order valence-electron chi connectivity index (χ1n) is 52.0. The second-order valence-corrected chi connectivity index (χ2v) is 38.7. The summed E-state index contributed by atoms with van der Waals surface area (Å²) in [5.74, 6) is 7.72. The Morgan fingerprint density at radius 2 is 0.743 bits per heavy atom. The third-order valence-electron chi connectivity index (χ3n) is 27.2. The molecule has 6 fully saturated rings. The molecule has 1 saturated heterocycles. The van der Waals surface area contributed by atoms with Gasteiger partial charge in [-0.15, -0.1) is 30.6 Å². The molecule has 136 heavy (non-hydrogen) atoms. The second kappa shape index (κ2) is 54.1. The van der Waals surface area contributed by atoms with Gasteiger partial charge in [-0.25, -0.2) is 52.2 Å². The van der Waals surface area contributed by atoms with Crippen LogP contribution >= 0.6 is 0 Å². The number of imidazole rings is 5. The summed E-state index contributed by atoms with van der Waals surface area (Å²) in [6, 6.07) is 1.59. The van der Waals surface area contributed by atoms with Gasteiger partial charge in [0.15, 0.2) is 68.6 Å². The molecule has 12 heterocycles. The molecule has 0 bridgehead atoms. The molecule has 3 unspecified atom stereocenters. The Balaban J connectivity index is 0.000000147. The molecule has 11 aromatic heterocycles. The lowest BCUT2D eigenvalue weighted by Gasteiger charge is -2.22. The van der Waals surface area contributed by atoms with Gasteiger partial charge in [-0.1, -0.05) is 247 Å². The zero-order chi connectivity index (χ0) is 96.1. The van der Waals surface area contributed by atoms with Crippen LogP contribution in [0.1, 0.15) is 354 Å². The SMILES string of the molecule is C=C(CC1CCCCC1)n1nc(OCCCC)nc(N)c1=N.CCCC(C)Nc1nc(N)c2ncc(CC3CCCCC3)n2n1.CCCC(C)Oc1nc(N)c2ncc(CC3CCCCC3)n2n1.CCCC(C)Oc1nc(N)c2ncc(CC3CCCCC3)n2n1.CCCCNc1nc(N)c2ncc(CC3CCCCC3)n2n1.CCCCOc1nc(N)c2ncc(CCC3CCNCC3)n2n1. The zero-order valence-corrected chi connectivity index (χ0v) is 83.2. The minimum atomic E-state index is 0.0853. The van der Waals surface area contributed by atoms with Crippen LogP contribution in [0.25, 0.3) is 33.9 Å². The van der Waals surface area contributed by atoms with Gasteiger partial charge in [-0.05, 0) is 166 Å². The molecule has 1 aliphatic heterocycles. The standard InChI is InChI=1S/C17H28N6.2C17H27N5O.C16H26N6O.C16H26N6.C16H27N5O/c1-3-7-12(2)20-17-21-15(18)16-19-11-14(23(16)22-17)10-13-8-5-4-6-9-13;2*1-3-7-12(2)23-17-20-15(18)16-19-11-14(22(16)21-17)10-13-8-5-4-6-9-13;1-2-3-10-23-16-20-14(17)15-19-11-13(22(15)21-16)5-4-12-6-8-18-9-7-12;1-2-3-9-18-16-20-14(17)15-19-11-13(22(15)21-16)10-12-7-5-4-6-8-12;1-3-4-10-22-16-19-14(17)15(18)21(20-16)12(2)11-13-8-6-5-7-9-13/h11-13H,3-10H2,1-2H3,(H3,18,20,21,22);2*11-13H,3-10H2,1-2H3,(H2,18,20,21);11-12,18H,2-10H2,1H3,(H2,17,20,21);11-12H,2-10H2,1H3,(H3,17,18,20,21);13,18H,2-11H2,1H3,(H2,17,19,20). The highest BCUT2D eigenvalue weighted by molar-refractivity contribution is 5.64. The molecule has 0 radical (unpaired) electrons. The number of nitrogens with two attached hydrogens (primary N) is 6. The van der Waals surface area contributed by atoms with Crippen LogP contribution in [0.4, 0.5) is 46.8 Å². The number of aromatic nitrogens is 23. The predicted molar refractivity (Wildman–Crippen MR) is 540 cm³/mol. The first-order chi connectivity index (χ1) is 66.2. The molecule has 3 atom stereocenters. The number of aryl methyl sites for hydroxylation is 1. The molecule has 16 N–H and O–H groups in total. The quantitative estimate of drug-likeness (QED) is 0.0161. The number of nitrogens with one attached hydrogen (secondary N) is 4. The van der Waals surface area contributed by atoms with E-state index in [1.165, 1.54) is 178 Å². The van der Waals surface area contributed by atoms with E-state index in [1.54, 1.807) is 4.52 Å². The Morgan fingerprint density at radius 1 is 0.397 bits per heavy atom. The number of rotatable bonds is 38. The van der Waals surface area contributed by atoms with Crippen molar-refractivity contribution in [3.05, 3.63) is 71.5 Å². The van der Waals surface area contributed by atoms with E-state index in [9.17, 15) is 0 Å². The van der Waals surface area contributed by atoms with Gasteiger partial charge in [0, 0.05) is 18.3 Å². The molecule has 5 aliphatic carbocycles. The van der Waals surface area contributed by atoms with Crippen LogP contribution in [0, 0.1) is 40.9 Å². The Kier molecular flexibility index (Phi) is 41.3. The van der Waals surface area contributed by atoms with Gasteiger partial charge in [-0.3, -0.25) is 5.41 Å². The van der Waals surface area contributed by atoms with Gasteiger partial charge in [-0.2, -0.15) is 29.9 Å². The van der Waals surface area contributed by atoms with Crippen LogP contribution in [0.15, 0.2) is 37.6 Å². The number of hydrogen-bond donors (Lipinski definition) is 10. The zero-order valence-electron chi connectivity index (χ0n) is 83.2. The fraction of sp³-hybridized carbons (Fsp3) is 0.697. The van der Waals surface area contributed by atoms with Crippen LogP contribution in [-0.4, -0.2) is 164 Å². The Morgan fingerprint density at radius 3 is 1.15 bits per heavy atom. The second-order valence-electron chi connectivity index (χ2n) is 38.7. The normalized spacial score (nSPS) is 16.7. The first-order valence-corrected chi connectivity index (χ1v) is 52.0. The number of ether oxygens (including phenoxy) is 4. The van der Waals surface area contributed by atoms with E-state index < -0.39 is 0 Å². The van der Waals surface area contributed by atoms with Crippen molar-refractivity contribution in [2.24, 2.45) is 35.5 Å². The van der Waals surface area contributed by atoms with E-state index >= 15 is 0 Å². The smallest absolute Gasteiger partial charge is 0.336 e. The molecular weight excluding hydrogens is 1720 g/mol. The number of allylic oxidation sites excluding steroid dienone is 1. The molecule has 0 spiro atoms. The Bertz CT molecular complexity index is 5200. The summed E-state index contributed by atoms with van der Waals surface area (Å²) >= 11 is 0. The first kappa shape index (κ1) is 104. The molecular formula is C99H161N33O4. The van der Waals surface area contributed by atoms with Crippen LogP contribution in [0.3, 0.4) is 0 Å². The summed E-state index contributed by atoms with van der Waals surface area (Å²) in [6.45, 7) is 27.4. The number of hydrogen-bond acceptors (Lipinski definition) is 31. The average molecular weight is 1880 g/mol. The maximum absolute atomic E-state index is 8.05. The van der Waals surface area contributed by atoms with Gasteiger partial charge < -0.3 is 69.3 Å². The van der Waals surface area contributed by atoms with Gasteiger partial charge in [0.1, 0.15) is 0 Å². The lowest BCUT2D eigenvalue weighted by atomic mass is 9.86. The van der Waals surface area contributed by atoms with Crippen molar-refractivity contribution in [3.63, 3.8) is 0 Å². The lowest BCUT2D eigenvalue weighted by Crippen LogP contribution is -2.28. The third-order valence-corrected chi connectivity index (χ3v) is 27.2. The molecule has 6 aliphatic rings. The summed E-state index contributed by atoms with van der Waals surface area (Å²) < 4.78 is 33.4. The van der Waals surface area contributed by atoms with Gasteiger partial charge in [0.2, 0.25) is 11.9 Å². The molecule has 17 rings (SSSR count). The van der Waals surface area contributed by atoms with Gasteiger partial charge in [0.25, 0.3) is 0 Å². The number of unbranched alkanes of at least 4 members (excludes halogenated alkanes) is 3. The summed E-state index contributed by atoms with van der Waals surface area (Å²) in [7, 11) is 0. The van der Waals surface area contributed by atoms with Crippen LogP contribution in [0.2, 0.25) is 0 Å². The average Bonchev–Trinajstić information content (AvgIpc) is 1.77. The summed E-state index contributed by atoms with van der Waals surface area (Å²) in [6.07, 6.45) is 64.7. The molecule has 37 nitrogen and oxygen atoms in total. The fourth-order valence-electron chi connectivity index (χ4n) is 19.5. The van der Waals surface area contributed by atoms with Crippen LogP contribution in [0.5, 0.6) is 24.0 Å². The predicted octanol–water partition coefficient (Wildman–Crippen LogP) is 18.0. The summed E-state index contributed by atoms with van der Waals surface area (Å²) in [5.41, 5.74) is 45.7. The number of fused-ring (bicyclic) bond motifs is 5. The molecule has 5 saturated carbocycles. The molecule has 0 aromatic carbocycles. The van der Waals surface area contributed by atoms with E-state index in [0.29, 0.717) is 112 Å². The molecule has 11 aromatic rings. The van der Waals surface area contributed by atoms with E-state index in [1.807, 2.05) is 62.9 Å². The Labute approximate surface area is 803 Å². The third kappa shape index (κ3) is 30.9. The topological polar surface area (TPSA) is 499 Å². The Hall–Kier alpha value is -11.1. The summed E-state index contributed by atoms with van der Waals surface area (Å²) in [4.78, 5) is 47.4. The summed E-state index contributed by atoms with van der Waals surface area (Å²) in [5, 5.41) is 45.1. The number of nitrogen functional groups attached to an aromatic ring is 6. The van der Waals surface area contributed by atoms with E-state index in [4.69, 9.17) is 58.8 Å². The maximum atomic E-state index is 8.05. The molecule has 0 amide bonds. The van der Waals surface area contributed by atoms with Crippen LogP contribution in [-0.2, 0) is 32.1 Å². The van der Waals surface area contributed by atoms with E-state index in [-0.39, 0.29) is 29.5 Å². The van der Waals surface area contributed by atoms with E-state index in [2.05, 4.69) is 156 Å². The number of anilines is 8. The highest BCUT2D eigenvalue weighted by atomic mass is 16.5. The van der Waals surface area contributed by atoms with Crippen molar-refractivity contribution in [1.82, 2.24) is 118 Å². The maximum Gasteiger partial charge on any atom is 0.336 e. The minimum Gasteiger partial charge on any atom is -0.462 e. The highest BCUT2D eigenvalue weighted by Gasteiger charge is 2.27. The van der Waals surface area contributed by atoms with Crippen molar-refractivity contribution >= 4 is 80.7 Å². The lowest BCUT2D eigenvalue weighted by molar-refractivity contribution is 0.189. The van der Waals surface area contributed by atoms with Crippen molar-refractivity contribution in [1.29, 1.82) is 5.41 Å². The highest BCUT2D eigenvalue weighted by Crippen LogP contribution is 2.35. The van der Waals surface area contributed by atoms with Crippen molar-refractivity contribution in [3.8, 4) is 24.0 Å². The number of piperidine rings is 1. The largest absolute Gasteiger partial charge is 0.462 e. The monoisotopic (exact) mass is 1880 g/mol.